The van der Waals surface area contributed by atoms with Crippen molar-refractivity contribution < 1.29 is 0 Å². The van der Waals surface area contributed by atoms with E-state index in [1.165, 1.54) is 0 Å². The van der Waals surface area contributed by atoms with Crippen molar-refractivity contribution in [3.05, 3.63) is 54.5 Å². The Morgan fingerprint density at radius 3 is 2.78 bits per heavy atom. The van der Waals surface area contributed by atoms with Crippen molar-refractivity contribution in [1.29, 1.82) is 0 Å². The van der Waals surface area contributed by atoms with Gasteiger partial charge in [-0.2, -0.15) is 15.3 Å². The molecule has 2 heterocycles. The van der Waals surface area contributed by atoms with E-state index in [4.69, 9.17) is 0 Å². The largest absolute Gasteiger partial charge is 0.362 e. The van der Waals surface area contributed by atoms with Crippen molar-refractivity contribution in [1.82, 2.24) is 20.4 Å². The van der Waals surface area contributed by atoms with Crippen molar-refractivity contribution in [2.45, 2.75) is 6.54 Å². The van der Waals surface area contributed by atoms with Gasteiger partial charge in [-0.15, -0.1) is 5.10 Å². The van der Waals surface area contributed by atoms with Gasteiger partial charge in [-0.25, -0.2) is 0 Å². The van der Waals surface area contributed by atoms with Crippen LogP contribution in [0.25, 0.3) is 10.8 Å². The van der Waals surface area contributed by atoms with Crippen molar-refractivity contribution in [3.8, 4) is 0 Å². The normalized spacial score (nSPS) is 10.4. The van der Waals surface area contributed by atoms with E-state index in [1.807, 2.05) is 36.4 Å². The quantitative estimate of drug-likeness (QED) is 0.755. The molecule has 2 aromatic heterocycles. The van der Waals surface area contributed by atoms with Gasteiger partial charge in [0.15, 0.2) is 5.82 Å². The number of anilines is 1. The molecule has 0 saturated carbocycles. The summed E-state index contributed by atoms with van der Waals surface area (Å²) in [6, 6.07) is 11.8. The van der Waals surface area contributed by atoms with Gasteiger partial charge in [0.25, 0.3) is 0 Å². The third-order valence-corrected chi connectivity index (χ3v) is 2.63. The molecular weight excluding hydrogens is 226 g/mol. The minimum absolute atomic E-state index is 0.580. The number of nitrogens with one attached hydrogen (secondary N) is 1. The van der Waals surface area contributed by atoms with E-state index in [2.05, 4.69) is 25.7 Å². The molecule has 1 N–H and O–H groups in total. The molecule has 0 saturated heterocycles. The van der Waals surface area contributed by atoms with Crippen LogP contribution in [0.2, 0.25) is 0 Å². The second kappa shape index (κ2) is 4.75. The Morgan fingerprint density at radius 2 is 1.89 bits per heavy atom. The summed E-state index contributed by atoms with van der Waals surface area (Å²) in [7, 11) is 0. The van der Waals surface area contributed by atoms with E-state index < -0.39 is 0 Å². The lowest BCUT2D eigenvalue weighted by atomic mass is 10.2. The molecule has 0 bridgehead atoms. The summed E-state index contributed by atoms with van der Waals surface area (Å²) < 4.78 is 0. The molecule has 1 aromatic carbocycles. The van der Waals surface area contributed by atoms with E-state index in [9.17, 15) is 0 Å². The number of benzene rings is 1. The molecule has 0 atom stereocenters. The average Bonchev–Trinajstić information content (AvgIpc) is 2.46. The van der Waals surface area contributed by atoms with Crippen molar-refractivity contribution in [3.63, 3.8) is 0 Å². The van der Waals surface area contributed by atoms with E-state index in [-0.39, 0.29) is 0 Å². The van der Waals surface area contributed by atoms with Crippen LogP contribution in [0.4, 0.5) is 5.82 Å². The first-order valence-electron chi connectivity index (χ1n) is 5.64. The molecule has 0 radical (unpaired) electrons. The van der Waals surface area contributed by atoms with Gasteiger partial charge < -0.3 is 5.32 Å². The number of fused-ring (bicyclic) bond motifs is 1. The standard InChI is InChI=1S/C13H11N5/c1-2-6-12-10(4-1)8-16-18-13(12)14-9-11-5-3-7-15-17-11/h1-8H,9H2,(H,14,18). The Morgan fingerprint density at radius 1 is 0.944 bits per heavy atom. The van der Waals surface area contributed by atoms with E-state index in [0.29, 0.717) is 6.54 Å². The van der Waals surface area contributed by atoms with Gasteiger partial charge in [-0.3, -0.25) is 0 Å². The molecule has 0 aliphatic rings. The molecule has 5 heteroatoms. The summed E-state index contributed by atoms with van der Waals surface area (Å²) in [5.74, 6) is 0.763. The van der Waals surface area contributed by atoms with Gasteiger partial charge in [-0.1, -0.05) is 24.3 Å². The van der Waals surface area contributed by atoms with Crippen LogP contribution in [0.1, 0.15) is 5.69 Å². The number of hydrogen-bond donors (Lipinski definition) is 1. The predicted octanol–water partition coefficient (Wildman–Crippen LogP) is 2.03. The second-order valence-corrected chi connectivity index (χ2v) is 3.85. The molecule has 0 aliphatic heterocycles. The fourth-order valence-electron chi connectivity index (χ4n) is 1.76. The topological polar surface area (TPSA) is 63.6 Å². The molecule has 0 amide bonds. The molecule has 0 unspecified atom stereocenters. The van der Waals surface area contributed by atoms with Crippen LogP contribution >= 0.6 is 0 Å². The molecule has 0 aliphatic carbocycles. The van der Waals surface area contributed by atoms with Gasteiger partial charge in [-0.05, 0) is 12.1 Å². The van der Waals surface area contributed by atoms with Crippen molar-refractivity contribution in [2.75, 3.05) is 5.32 Å². The Balaban J connectivity index is 1.87. The minimum atomic E-state index is 0.580. The highest BCUT2D eigenvalue weighted by molar-refractivity contribution is 5.90. The van der Waals surface area contributed by atoms with Crippen LogP contribution in [0.5, 0.6) is 0 Å². The fourth-order valence-corrected chi connectivity index (χ4v) is 1.76. The first-order valence-corrected chi connectivity index (χ1v) is 5.64. The third kappa shape index (κ3) is 2.10. The van der Waals surface area contributed by atoms with Crippen LogP contribution < -0.4 is 5.32 Å². The van der Waals surface area contributed by atoms with Crippen LogP contribution in [-0.4, -0.2) is 20.4 Å². The Bertz CT molecular complexity index is 648. The summed E-state index contributed by atoms with van der Waals surface area (Å²) in [4.78, 5) is 0. The van der Waals surface area contributed by atoms with Crippen molar-refractivity contribution in [2.24, 2.45) is 0 Å². The summed E-state index contributed by atoms with van der Waals surface area (Å²) >= 11 is 0. The van der Waals surface area contributed by atoms with E-state index in [0.717, 1.165) is 22.3 Å². The maximum atomic E-state index is 4.11. The smallest absolute Gasteiger partial charge is 0.156 e. The van der Waals surface area contributed by atoms with E-state index >= 15 is 0 Å². The molecular formula is C13H11N5. The van der Waals surface area contributed by atoms with Crippen LogP contribution in [0.15, 0.2) is 48.8 Å². The highest BCUT2D eigenvalue weighted by Crippen LogP contribution is 2.19. The Kier molecular flexibility index (Phi) is 2.79. The third-order valence-electron chi connectivity index (χ3n) is 2.63. The van der Waals surface area contributed by atoms with Gasteiger partial charge in [0.1, 0.15) is 0 Å². The second-order valence-electron chi connectivity index (χ2n) is 3.85. The highest BCUT2D eigenvalue weighted by Gasteiger charge is 2.02. The molecule has 18 heavy (non-hydrogen) atoms. The maximum Gasteiger partial charge on any atom is 0.156 e. The Labute approximate surface area is 104 Å². The summed E-state index contributed by atoms with van der Waals surface area (Å²) in [6.07, 6.45) is 3.41. The molecule has 3 rings (SSSR count). The lowest BCUT2D eigenvalue weighted by Gasteiger charge is -2.06. The first-order chi connectivity index (χ1) is 8.93. The van der Waals surface area contributed by atoms with Crippen molar-refractivity contribution >= 4 is 16.6 Å². The summed E-state index contributed by atoms with van der Waals surface area (Å²) in [5, 5.41) is 21.3. The predicted molar refractivity (Wildman–Crippen MR) is 68.9 cm³/mol. The number of nitrogens with zero attached hydrogens (tertiary/aromatic N) is 4. The Hall–Kier alpha value is -2.56. The maximum absolute atomic E-state index is 4.11. The first kappa shape index (κ1) is 10.6. The lowest BCUT2D eigenvalue weighted by molar-refractivity contribution is 0.914. The van der Waals surface area contributed by atoms with Crippen LogP contribution in [-0.2, 0) is 6.54 Å². The van der Waals surface area contributed by atoms with Crippen LogP contribution in [0, 0.1) is 0 Å². The van der Waals surface area contributed by atoms with Gasteiger partial charge in [0.2, 0.25) is 0 Å². The summed E-state index contributed by atoms with van der Waals surface area (Å²) in [5.41, 5.74) is 0.868. The molecule has 3 aromatic rings. The average molecular weight is 237 g/mol. The fraction of sp³-hybridized carbons (Fsp3) is 0.0769. The number of hydrogen-bond acceptors (Lipinski definition) is 5. The zero-order valence-corrected chi connectivity index (χ0v) is 9.61. The molecule has 88 valence electrons. The van der Waals surface area contributed by atoms with Gasteiger partial charge in [0, 0.05) is 17.0 Å². The SMILES string of the molecule is c1cnnc(CNc2nncc3ccccc23)c1. The van der Waals surface area contributed by atoms with Gasteiger partial charge >= 0.3 is 0 Å². The minimum Gasteiger partial charge on any atom is -0.362 e. The highest BCUT2D eigenvalue weighted by atomic mass is 15.2. The van der Waals surface area contributed by atoms with Gasteiger partial charge in [0.05, 0.1) is 18.4 Å². The van der Waals surface area contributed by atoms with E-state index in [1.54, 1.807) is 12.4 Å². The molecule has 0 fully saturated rings. The molecule has 0 spiro atoms. The monoisotopic (exact) mass is 237 g/mol. The zero-order chi connectivity index (χ0) is 12.2. The summed E-state index contributed by atoms with van der Waals surface area (Å²) in [6.45, 7) is 0.580. The molecule has 5 nitrogen and oxygen atoms in total. The zero-order valence-electron chi connectivity index (χ0n) is 9.61. The lowest BCUT2D eigenvalue weighted by Crippen LogP contribution is -2.04. The number of rotatable bonds is 3. The number of aromatic nitrogens is 4. The van der Waals surface area contributed by atoms with Crippen LogP contribution in [0.3, 0.4) is 0 Å².